The highest BCUT2D eigenvalue weighted by atomic mass is 32.2. The molecule has 32 heavy (non-hydrogen) atoms. The van der Waals surface area contributed by atoms with Gasteiger partial charge in [0.1, 0.15) is 6.10 Å². The molecule has 188 valence electrons. The lowest BCUT2D eigenvalue weighted by molar-refractivity contribution is -0.463. The molecule has 2 aliphatic carbocycles. The van der Waals surface area contributed by atoms with Gasteiger partial charge >= 0.3 is 39.5 Å². The minimum atomic E-state index is -6.97. The normalized spacial score (nSPS) is 27.6. The number of carbonyl (C=O) groups is 1. The average molecular weight is 506 g/mol. The monoisotopic (exact) mass is 506 g/mol. The lowest BCUT2D eigenvalue weighted by Gasteiger charge is -2.38. The standard InChI is InChI=1S/C17H22F8O6S/c1-4-13(2,3)12(26)30-11-7-8-5-9(11)6-10(8)14(18,19)15(20,21)31-16(22,23)17(24,25)32(27,28)29/h8-11H,4-7H2,1-3H3,(H,27,28,29). The van der Waals surface area contributed by atoms with Crippen molar-refractivity contribution >= 4 is 16.1 Å². The number of alkyl halides is 8. The summed E-state index contributed by atoms with van der Waals surface area (Å²) < 4.78 is 146. The van der Waals surface area contributed by atoms with E-state index in [0.29, 0.717) is 6.42 Å². The van der Waals surface area contributed by atoms with Crippen LogP contribution in [0.4, 0.5) is 35.1 Å². The van der Waals surface area contributed by atoms with Gasteiger partial charge in [0.15, 0.2) is 0 Å². The Morgan fingerprint density at radius 3 is 1.88 bits per heavy atom. The molecule has 2 saturated carbocycles. The summed E-state index contributed by atoms with van der Waals surface area (Å²) in [7, 11) is -6.97. The third-order valence-corrected chi connectivity index (χ3v) is 7.15. The molecule has 0 aliphatic heterocycles. The van der Waals surface area contributed by atoms with E-state index in [0.717, 1.165) is 0 Å². The topological polar surface area (TPSA) is 89.9 Å². The molecule has 0 saturated heterocycles. The van der Waals surface area contributed by atoms with Crippen LogP contribution in [0, 0.1) is 23.2 Å². The Kier molecular flexibility index (Phi) is 6.70. The first-order chi connectivity index (χ1) is 14.1. The van der Waals surface area contributed by atoms with Crippen LogP contribution in [0.5, 0.6) is 0 Å². The smallest absolute Gasteiger partial charge is 0.460 e. The number of carbonyl (C=O) groups excluding carboxylic acids is 1. The molecule has 2 aliphatic rings. The summed E-state index contributed by atoms with van der Waals surface area (Å²) in [4.78, 5) is 12.2. The Morgan fingerprint density at radius 1 is 0.938 bits per heavy atom. The van der Waals surface area contributed by atoms with E-state index in [1.165, 1.54) is 0 Å². The maximum atomic E-state index is 14.4. The van der Waals surface area contributed by atoms with E-state index >= 15 is 0 Å². The first kappa shape index (κ1) is 27.0. The predicted octanol–water partition coefficient (Wildman–Crippen LogP) is 4.70. The highest BCUT2D eigenvalue weighted by molar-refractivity contribution is 7.86. The van der Waals surface area contributed by atoms with E-state index in [1.54, 1.807) is 20.8 Å². The molecule has 4 atom stereocenters. The highest BCUT2D eigenvalue weighted by Gasteiger charge is 2.76. The van der Waals surface area contributed by atoms with Gasteiger partial charge in [0.25, 0.3) is 0 Å². The highest BCUT2D eigenvalue weighted by Crippen LogP contribution is 2.59. The molecule has 0 amide bonds. The number of fused-ring (bicyclic) bond motifs is 2. The van der Waals surface area contributed by atoms with Gasteiger partial charge in [-0.05, 0) is 51.4 Å². The number of halogens is 8. The Labute approximate surface area is 178 Å². The van der Waals surface area contributed by atoms with Gasteiger partial charge in [0.05, 0.1) is 5.41 Å². The summed E-state index contributed by atoms with van der Waals surface area (Å²) >= 11 is 0. The van der Waals surface area contributed by atoms with Crippen molar-refractivity contribution < 1.29 is 62.4 Å². The maximum Gasteiger partial charge on any atom is 0.460 e. The largest absolute Gasteiger partial charge is 0.462 e. The van der Waals surface area contributed by atoms with Gasteiger partial charge in [-0.3, -0.25) is 9.35 Å². The van der Waals surface area contributed by atoms with Crippen molar-refractivity contribution in [3.63, 3.8) is 0 Å². The predicted molar refractivity (Wildman–Crippen MR) is 90.7 cm³/mol. The minimum absolute atomic E-state index is 0.0988. The summed E-state index contributed by atoms with van der Waals surface area (Å²) in [5, 5.41) is -6.61. The van der Waals surface area contributed by atoms with Crippen LogP contribution in [-0.2, 0) is 24.4 Å². The second kappa shape index (κ2) is 7.93. The van der Waals surface area contributed by atoms with Crippen molar-refractivity contribution in [2.75, 3.05) is 0 Å². The molecule has 6 nitrogen and oxygen atoms in total. The third kappa shape index (κ3) is 4.43. The fraction of sp³-hybridized carbons (Fsp3) is 0.941. The Balaban J connectivity index is 2.16. The zero-order chi connectivity index (χ0) is 25.1. The summed E-state index contributed by atoms with van der Waals surface area (Å²) in [5.74, 6) is -10.3. The molecule has 15 heteroatoms. The van der Waals surface area contributed by atoms with Crippen molar-refractivity contribution in [3.8, 4) is 0 Å². The van der Waals surface area contributed by atoms with E-state index in [2.05, 4.69) is 4.74 Å². The molecule has 1 N–H and O–H groups in total. The van der Waals surface area contributed by atoms with E-state index in [-0.39, 0.29) is 12.8 Å². The SMILES string of the molecule is CCC(C)(C)C(=O)OC1CC2CC1CC2C(F)(F)C(F)(F)OC(F)(F)C(F)(F)S(=O)(=O)O. The summed E-state index contributed by atoms with van der Waals surface area (Å²) in [5.41, 5.74) is -0.879. The molecule has 0 spiro atoms. The zero-order valence-electron chi connectivity index (χ0n) is 17.1. The molecular formula is C17H22F8O6S. The zero-order valence-corrected chi connectivity index (χ0v) is 17.9. The maximum absolute atomic E-state index is 14.4. The number of hydrogen-bond acceptors (Lipinski definition) is 5. The van der Waals surface area contributed by atoms with Crippen molar-refractivity contribution in [2.24, 2.45) is 23.2 Å². The van der Waals surface area contributed by atoms with Crippen LogP contribution in [0.2, 0.25) is 0 Å². The first-order valence-electron chi connectivity index (χ1n) is 9.50. The number of ether oxygens (including phenoxy) is 2. The van der Waals surface area contributed by atoms with E-state index in [4.69, 9.17) is 9.29 Å². The first-order valence-corrected chi connectivity index (χ1v) is 10.9. The van der Waals surface area contributed by atoms with Gasteiger partial charge in [-0.2, -0.15) is 43.5 Å². The average Bonchev–Trinajstić information content (AvgIpc) is 3.20. The number of rotatable bonds is 9. The quantitative estimate of drug-likeness (QED) is 0.277. The summed E-state index contributed by atoms with van der Waals surface area (Å²) in [6, 6.07) is 0. The molecule has 0 radical (unpaired) electrons. The van der Waals surface area contributed by atoms with E-state index in [9.17, 15) is 48.3 Å². The van der Waals surface area contributed by atoms with Crippen LogP contribution < -0.4 is 0 Å². The van der Waals surface area contributed by atoms with Gasteiger partial charge in [0, 0.05) is 5.92 Å². The molecule has 2 rings (SSSR count). The lowest BCUT2D eigenvalue weighted by atomic mass is 9.82. The molecule has 0 heterocycles. The van der Waals surface area contributed by atoms with Crippen LogP contribution in [0.1, 0.15) is 46.5 Å². The van der Waals surface area contributed by atoms with Crippen molar-refractivity contribution in [3.05, 3.63) is 0 Å². The summed E-state index contributed by atoms with van der Waals surface area (Å²) in [6.45, 7) is 4.88. The van der Waals surface area contributed by atoms with Crippen LogP contribution in [0.3, 0.4) is 0 Å². The molecule has 4 unspecified atom stereocenters. The molecular weight excluding hydrogens is 484 g/mol. The van der Waals surface area contributed by atoms with Gasteiger partial charge in [-0.25, -0.2) is 4.74 Å². The lowest BCUT2D eigenvalue weighted by Crippen LogP contribution is -2.58. The van der Waals surface area contributed by atoms with Crippen molar-refractivity contribution in [1.29, 1.82) is 0 Å². The second-order valence-electron chi connectivity index (χ2n) is 8.77. The van der Waals surface area contributed by atoms with Crippen LogP contribution in [0.15, 0.2) is 0 Å². The fourth-order valence-electron chi connectivity index (χ4n) is 3.91. The van der Waals surface area contributed by atoms with Gasteiger partial charge < -0.3 is 4.74 Å². The van der Waals surface area contributed by atoms with Crippen molar-refractivity contribution in [2.45, 2.75) is 76.0 Å². The Hall–Kier alpha value is -1.22. The summed E-state index contributed by atoms with van der Waals surface area (Å²) in [6.07, 6.45) is -14.4. The molecule has 0 aromatic rings. The van der Waals surface area contributed by atoms with Gasteiger partial charge in [-0.15, -0.1) is 0 Å². The minimum Gasteiger partial charge on any atom is -0.462 e. The molecule has 0 aromatic heterocycles. The second-order valence-corrected chi connectivity index (χ2v) is 10.2. The van der Waals surface area contributed by atoms with Gasteiger partial charge in [-0.1, -0.05) is 6.92 Å². The van der Waals surface area contributed by atoms with Crippen LogP contribution >= 0.6 is 0 Å². The fourth-order valence-corrected chi connectivity index (χ4v) is 4.25. The third-order valence-electron chi connectivity index (χ3n) is 6.26. The molecule has 0 aromatic carbocycles. The number of hydrogen-bond donors (Lipinski definition) is 1. The van der Waals surface area contributed by atoms with Crippen molar-refractivity contribution in [1.82, 2.24) is 0 Å². The molecule has 2 bridgehead atoms. The Bertz CT molecular complexity index is 844. The molecule has 2 fully saturated rings. The van der Waals surface area contributed by atoms with Crippen LogP contribution in [-0.4, -0.2) is 48.4 Å². The van der Waals surface area contributed by atoms with E-state index < -0.39 is 75.2 Å². The van der Waals surface area contributed by atoms with Crippen LogP contribution in [0.25, 0.3) is 0 Å². The van der Waals surface area contributed by atoms with E-state index in [1.807, 2.05) is 0 Å². The Morgan fingerprint density at radius 2 is 1.47 bits per heavy atom. The number of esters is 1. The van der Waals surface area contributed by atoms with Gasteiger partial charge in [0.2, 0.25) is 0 Å².